The molecule has 0 spiro atoms. The first-order valence-electron chi connectivity index (χ1n) is 14.1. The van der Waals surface area contributed by atoms with Crippen molar-refractivity contribution in [1.82, 2.24) is 0 Å². The minimum Gasteiger partial charge on any atom is -0.465 e. The largest absolute Gasteiger partial charge is 0.465 e. The number of rotatable bonds is 2. The van der Waals surface area contributed by atoms with E-state index in [1.54, 1.807) is 0 Å². The summed E-state index contributed by atoms with van der Waals surface area (Å²) in [6.07, 6.45) is 9.64. The first-order valence-corrected chi connectivity index (χ1v) is 14.1. The summed E-state index contributed by atoms with van der Waals surface area (Å²) in [6, 6.07) is 0. The number of aliphatic hydroxyl groups excluding tert-OH is 2. The van der Waals surface area contributed by atoms with E-state index < -0.39 is 23.4 Å². The molecule has 3 heterocycles. The van der Waals surface area contributed by atoms with Crippen molar-refractivity contribution in [2.24, 2.45) is 46.3 Å². The van der Waals surface area contributed by atoms with Crippen LogP contribution in [0.25, 0.3) is 0 Å². The molecule has 3 N–H and O–H groups in total. The van der Waals surface area contributed by atoms with Gasteiger partial charge < -0.3 is 24.8 Å². The number of esters is 1. The Balaban J connectivity index is 0.000000188. The predicted octanol–water partition coefficient (Wildman–Crippen LogP) is 1.97. The van der Waals surface area contributed by atoms with Crippen LogP contribution in [0.5, 0.6) is 0 Å². The zero-order valence-electron chi connectivity index (χ0n) is 21.8. The molecule has 4 saturated carbocycles. The van der Waals surface area contributed by atoms with E-state index in [2.05, 4.69) is 6.92 Å². The van der Waals surface area contributed by atoms with Crippen molar-refractivity contribution < 1.29 is 39.2 Å². The Hall–Kier alpha value is -1.61. The molecule has 7 rings (SSSR count). The molecule has 3 aliphatic heterocycles. The molecule has 6 fully saturated rings. The molecule has 12 atom stereocenters. The van der Waals surface area contributed by atoms with Crippen LogP contribution in [0.2, 0.25) is 0 Å². The van der Waals surface area contributed by atoms with E-state index in [1.807, 2.05) is 19.1 Å². The lowest BCUT2D eigenvalue weighted by Gasteiger charge is -2.60. The quantitative estimate of drug-likeness (QED) is 0.375. The van der Waals surface area contributed by atoms with Gasteiger partial charge in [0.1, 0.15) is 18.0 Å². The van der Waals surface area contributed by atoms with E-state index >= 15 is 0 Å². The molecule has 7 aliphatic rings. The molecule has 0 aromatic rings. The SMILES string of the molecule is C[C@]12CC[C@@H](O)C[C@H]1CC[C@@H]1[C@@H]2C(=O)C[C@@]2(C)[C@H]1CC[C@]2(O)C(=O)CO.O=C1OCC2C3C=CC(O3)C12. The van der Waals surface area contributed by atoms with Gasteiger partial charge in [0.05, 0.1) is 30.8 Å². The molecule has 4 unspecified atom stereocenters. The van der Waals surface area contributed by atoms with E-state index in [-0.39, 0.29) is 65.6 Å². The number of fused-ring (bicyclic) bond motifs is 10. The second kappa shape index (κ2) is 8.70. The number of Topliss-reactive ketones (excluding diaryl/α,β-unsaturated/α-hetero) is 2. The van der Waals surface area contributed by atoms with Gasteiger partial charge in [0.25, 0.3) is 0 Å². The molecule has 0 aromatic carbocycles. The van der Waals surface area contributed by atoms with Crippen LogP contribution in [0.15, 0.2) is 12.2 Å². The van der Waals surface area contributed by atoms with Crippen LogP contribution in [0, 0.1) is 46.3 Å². The van der Waals surface area contributed by atoms with Gasteiger partial charge in [-0.25, -0.2) is 0 Å². The molecule has 2 saturated heterocycles. The number of cyclic esters (lactones) is 1. The summed E-state index contributed by atoms with van der Waals surface area (Å²) in [6.45, 7) is 4.01. The zero-order chi connectivity index (χ0) is 26.3. The first kappa shape index (κ1) is 25.7. The Labute approximate surface area is 217 Å². The van der Waals surface area contributed by atoms with Crippen LogP contribution < -0.4 is 0 Å². The van der Waals surface area contributed by atoms with Crippen molar-refractivity contribution in [1.29, 1.82) is 0 Å². The molecular weight excluding hydrogens is 476 g/mol. The van der Waals surface area contributed by atoms with Gasteiger partial charge in [0.2, 0.25) is 0 Å². The molecule has 0 radical (unpaired) electrons. The number of ketones is 2. The molecule has 4 aliphatic carbocycles. The number of carbonyl (C=O) groups excluding carboxylic acids is 3. The number of aliphatic hydroxyl groups is 3. The van der Waals surface area contributed by atoms with Crippen LogP contribution in [-0.2, 0) is 23.9 Å². The van der Waals surface area contributed by atoms with Gasteiger partial charge in [0.15, 0.2) is 5.78 Å². The third-order valence-corrected chi connectivity index (χ3v) is 11.8. The van der Waals surface area contributed by atoms with E-state index in [1.165, 1.54) is 0 Å². The second-order valence-electron chi connectivity index (χ2n) is 13.3. The lowest BCUT2D eigenvalue weighted by Crippen LogP contribution is -2.62. The highest BCUT2D eigenvalue weighted by Crippen LogP contribution is 2.67. The van der Waals surface area contributed by atoms with Gasteiger partial charge in [-0.3, -0.25) is 14.4 Å². The van der Waals surface area contributed by atoms with E-state index in [0.717, 1.165) is 38.5 Å². The average molecular weight is 517 g/mol. The maximum Gasteiger partial charge on any atom is 0.312 e. The number of carbonyl (C=O) groups is 3. The highest BCUT2D eigenvalue weighted by Gasteiger charge is 2.68. The highest BCUT2D eigenvalue weighted by molar-refractivity contribution is 5.92. The Morgan fingerprint density at radius 3 is 2.54 bits per heavy atom. The van der Waals surface area contributed by atoms with Gasteiger partial charge in [-0.05, 0) is 68.1 Å². The summed E-state index contributed by atoms with van der Waals surface area (Å²) in [4.78, 5) is 36.8. The normalized spacial score (nSPS) is 52.9. The highest BCUT2D eigenvalue weighted by atomic mass is 16.6. The Morgan fingerprint density at radius 2 is 1.81 bits per heavy atom. The van der Waals surface area contributed by atoms with Crippen molar-refractivity contribution in [3.8, 4) is 0 Å². The molecule has 8 heteroatoms. The standard InChI is InChI=1S/C21H32O5.C8H8O3/c1-19-7-5-13(23)9-12(19)3-4-14-15-6-8-21(26,17(25)11-22)20(15,2)10-16(24)18(14)19;9-8-7-4(3-10-8)5-1-2-6(7)11-5/h12-15,18,22-23,26H,3-11H2,1-2H3;1-2,4-7H,3H2/t12-,13-,14+,15+,18-,19+,20+,21+;/m1./s1. The molecule has 0 aromatic heterocycles. The summed E-state index contributed by atoms with van der Waals surface area (Å²) >= 11 is 0. The number of ether oxygens (including phenoxy) is 2. The summed E-state index contributed by atoms with van der Waals surface area (Å²) in [5.74, 6) is 0.611. The molecule has 2 bridgehead atoms. The van der Waals surface area contributed by atoms with Gasteiger partial charge in [-0.1, -0.05) is 26.0 Å². The van der Waals surface area contributed by atoms with Crippen molar-refractivity contribution in [3.05, 3.63) is 12.2 Å². The zero-order valence-corrected chi connectivity index (χ0v) is 21.8. The topological polar surface area (TPSA) is 130 Å². The minimum absolute atomic E-state index is 0.00463. The Bertz CT molecular complexity index is 1020. The van der Waals surface area contributed by atoms with Crippen LogP contribution >= 0.6 is 0 Å². The van der Waals surface area contributed by atoms with Gasteiger partial charge in [-0.2, -0.15) is 0 Å². The lowest BCUT2D eigenvalue weighted by molar-refractivity contribution is -0.180. The monoisotopic (exact) mass is 516 g/mol. The van der Waals surface area contributed by atoms with E-state index in [4.69, 9.17) is 9.47 Å². The molecule has 0 amide bonds. The van der Waals surface area contributed by atoms with Gasteiger partial charge >= 0.3 is 5.97 Å². The maximum absolute atomic E-state index is 13.4. The first-order chi connectivity index (χ1) is 17.5. The third-order valence-electron chi connectivity index (χ3n) is 11.8. The van der Waals surface area contributed by atoms with Gasteiger partial charge in [0, 0.05) is 23.7 Å². The Morgan fingerprint density at radius 1 is 1.05 bits per heavy atom. The summed E-state index contributed by atoms with van der Waals surface area (Å²) in [5.41, 5.74) is -2.40. The van der Waals surface area contributed by atoms with Crippen LogP contribution in [-0.4, -0.2) is 70.0 Å². The second-order valence-corrected chi connectivity index (χ2v) is 13.3. The van der Waals surface area contributed by atoms with Gasteiger partial charge in [-0.15, -0.1) is 0 Å². The van der Waals surface area contributed by atoms with E-state index in [0.29, 0.717) is 24.9 Å². The Kier molecular flexibility index (Phi) is 6.03. The maximum atomic E-state index is 13.4. The van der Waals surface area contributed by atoms with E-state index in [9.17, 15) is 29.7 Å². The average Bonchev–Trinajstić information content (AvgIpc) is 3.63. The predicted molar refractivity (Wildman–Crippen MR) is 131 cm³/mol. The van der Waals surface area contributed by atoms with Crippen molar-refractivity contribution in [2.75, 3.05) is 13.2 Å². The van der Waals surface area contributed by atoms with Crippen LogP contribution in [0.1, 0.15) is 65.2 Å². The summed E-state index contributed by atoms with van der Waals surface area (Å²) in [7, 11) is 0. The fourth-order valence-corrected chi connectivity index (χ4v) is 9.81. The fourth-order valence-electron chi connectivity index (χ4n) is 9.81. The van der Waals surface area contributed by atoms with Crippen molar-refractivity contribution in [3.63, 3.8) is 0 Å². The molecule has 8 nitrogen and oxygen atoms in total. The molecule has 204 valence electrons. The van der Waals surface area contributed by atoms with Crippen molar-refractivity contribution >= 4 is 17.5 Å². The minimum atomic E-state index is -1.58. The third kappa shape index (κ3) is 3.51. The molecule has 37 heavy (non-hydrogen) atoms. The smallest absolute Gasteiger partial charge is 0.312 e. The fraction of sp³-hybridized carbons (Fsp3) is 0.828. The summed E-state index contributed by atoms with van der Waals surface area (Å²) in [5, 5.41) is 30.6. The van der Waals surface area contributed by atoms with Crippen LogP contribution in [0.4, 0.5) is 0 Å². The number of hydrogen-bond donors (Lipinski definition) is 3. The molecular formula is C29H40O8. The summed E-state index contributed by atoms with van der Waals surface area (Å²) < 4.78 is 10.4. The van der Waals surface area contributed by atoms with Crippen molar-refractivity contribution in [2.45, 2.75) is 89.1 Å². The lowest BCUT2D eigenvalue weighted by atomic mass is 9.44. The van der Waals surface area contributed by atoms with Crippen LogP contribution in [0.3, 0.4) is 0 Å². The number of hydrogen-bond acceptors (Lipinski definition) is 8.